The number of nitrogens with zero attached hydrogens (tertiary/aromatic N) is 2. The fourth-order valence-electron chi connectivity index (χ4n) is 2.28. The minimum Gasteiger partial charge on any atom is -0.351 e. The van der Waals surface area contributed by atoms with E-state index in [0.717, 1.165) is 21.9 Å². The Morgan fingerprint density at radius 2 is 2.05 bits per heavy atom. The van der Waals surface area contributed by atoms with Crippen molar-refractivity contribution in [3.05, 3.63) is 32.1 Å². The largest absolute Gasteiger partial charge is 0.351 e. The number of hydrogen-bond donors (Lipinski definition) is 1. The van der Waals surface area contributed by atoms with Gasteiger partial charge in [-0.2, -0.15) is 0 Å². The van der Waals surface area contributed by atoms with Crippen LogP contribution in [-0.4, -0.2) is 15.1 Å². The van der Waals surface area contributed by atoms with Crippen LogP contribution < -0.4 is 10.9 Å². The van der Waals surface area contributed by atoms with Gasteiger partial charge in [0.15, 0.2) is 0 Å². The van der Waals surface area contributed by atoms with Gasteiger partial charge < -0.3 is 5.32 Å². The highest BCUT2D eigenvalue weighted by Gasteiger charge is 2.29. The van der Waals surface area contributed by atoms with Crippen LogP contribution in [0.25, 0.3) is 10.9 Å². The van der Waals surface area contributed by atoms with Crippen molar-refractivity contribution in [2.75, 3.05) is 5.32 Å². The lowest BCUT2D eigenvalue weighted by molar-refractivity contribution is 0.601. The van der Waals surface area contributed by atoms with Crippen LogP contribution in [0.4, 0.5) is 5.95 Å². The molecule has 4 nitrogen and oxygen atoms in total. The van der Waals surface area contributed by atoms with Crippen LogP contribution in [0.5, 0.6) is 0 Å². The van der Waals surface area contributed by atoms with Crippen LogP contribution in [0.3, 0.4) is 0 Å². The smallest absolute Gasteiger partial charge is 0.263 e. The minimum absolute atomic E-state index is 0.0720. The average Bonchev–Trinajstić information content (AvgIpc) is 3.13. The molecule has 1 aromatic heterocycles. The van der Waals surface area contributed by atoms with Crippen LogP contribution in [0.2, 0.25) is 0 Å². The first-order valence-electron chi connectivity index (χ1n) is 6.86. The summed E-state index contributed by atoms with van der Waals surface area (Å²) in [6.07, 6.45) is 2.13. The Labute approximate surface area is 131 Å². The highest BCUT2D eigenvalue weighted by molar-refractivity contribution is 14.1. The number of aromatic nitrogens is 2. The summed E-state index contributed by atoms with van der Waals surface area (Å²) in [6.45, 7) is 6.24. The predicted molar refractivity (Wildman–Crippen MR) is 90.4 cm³/mol. The third-order valence-corrected chi connectivity index (χ3v) is 4.15. The normalized spacial score (nSPS) is 15.6. The molecule has 0 radical (unpaired) electrons. The molecule has 2 aromatic rings. The van der Waals surface area contributed by atoms with Crippen molar-refractivity contribution in [1.82, 2.24) is 9.55 Å². The van der Waals surface area contributed by atoms with Crippen molar-refractivity contribution in [1.29, 1.82) is 0 Å². The molecule has 0 amide bonds. The van der Waals surface area contributed by atoms with Gasteiger partial charge in [-0.05, 0) is 68.3 Å². The molecule has 1 heterocycles. The van der Waals surface area contributed by atoms with Gasteiger partial charge in [0, 0.05) is 15.2 Å². The third-order valence-electron chi connectivity index (χ3n) is 3.28. The summed E-state index contributed by atoms with van der Waals surface area (Å²) in [4.78, 5) is 17.5. The van der Waals surface area contributed by atoms with Gasteiger partial charge in [0.2, 0.25) is 5.95 Å². The number of nitrogens with one attached hydrogen (secondary N) is 1. The molecular weight excluding hydrogens is 365 g/mol. The van der Waals surface area contributed by atoms with Gasteiger partial charge in [-0.25, -0.2) is 4.98 Å². The predicted octanol–water partition coefficient (Wildman–Crippen LogP) is 3.55. The zero-order valence-corrected chi connectivity index (χ0v) is 14.1. The molecule has 3 rings (SSSR count). The average molecular weight is 383 g/mol. The van der Waals surface area contributed by atoms with E-state index in [2.05, 4.69) is 48.7 Å². The molecule has 0 aliphatic heterocycles. The lowest BCUT2D eigenvalue weighted by atomic mass is 10.1. The van der Waals surface area contributed by atoms with Gasteiger partial charge in [0.1, 0.15) is 0 Å². The van der Waals surface area contributed by atoms with E-state index in [9.17, 15) is 4.79 Å². The second-order valence-corrected chi connectivity index (χ2v) is 7.51. The minimum atomic E-state index is -0.121. The first-order valence-corrected chi connectivity index (χ1v) is 7.93. The fraction of sp³-hybridized carbons (Fsp3) is 0.467. The molecule has 5 heteroatoms. The van der Waals surface area contributed by atoms with E-state index < -0.39 is 0 Å². The zero-order valence-electron chi connectivity index (χ0n) is 11.9. The Morgan fingerprint density at radius 3 is 2.65 bits per heavy atom. The van der Waals surface area contributed by atoms with Gasteiger partial charge in [0.25, 0.3) is 5.56 Å². The van der Waals surface area contributed by atoms with Gasteiger partial charge in [-0.15, -0.1) is 0 Å². The van der Waals surface area contributed by atoms with Crippen molar-refractivity contribution < 1.29 is 0 Å². The Morgan fingerprint density at radius 1 is 1.35 bits per heavy atom. The maximum Gasteiger partial charge on any atom is 0.263 e. The number of benzene rings is 1. The van der Waals surface area contributed by atoms with Gasteiger partial charge in [-0.1, -0.05) is 6.07 Å². The molecule has 0 bridgehead atoms. The highest BCUT2D eigenvalue weighted by atomic mass is 127. The zero-order chi connectivity index (χ0) is 14.5. The number of rotatable bonds is 2. The second-order valence-electron chi connectivity index (χ2n) is 6.35. The monoisotopic (exact) mass is 383 g/mol. The molecule has 0 unspecified atom stereocenters. The van der Waals surface area contributed by atoms with E-state index >= 15 is 0 Å². The van der Waals surface area contributed by atoms with Crippen LogP contribution >= 0.6 is 22.6 Å². The van der Waals surface area contributed by atoms with Crippen LogP contribution in [0.1, 0.15) is 39.7 Å². The molecule has 0 spiro atoms. The lowest BCUT2D eigenvalue weighted by Gasteiger charge is -2.24. The summed E-state index contributed by atoms with van der Waals surface area (Å²) in [6, 6.07) is 6.08. The molecule has 1 saturated carbocycles. The SMILES string of the molecule is CC(C)(C)Nc1nc2c(I)cccc2c(=O)n1C1CC1. The molecule has 1 aromatic carbocycles. The van der Waals surface area contributed by atoms with E-state index in [1.807, 2.05) is 22.8 Å². The summed E-state index contributed by atoms with van der Waals surface area (Å²) >= 11 is 2.23. The quantitative estimate of drug-likeness (QED) is 0.807. The van der Waals surface area contributed by atoms with Gasteiger partial charge in [0.05, 0.1) is 10.9 Å². The van der Waals surface area contributed by atoms with Crippen LogP contribution in [-0.2, 0) is 0 Å². The van der Waals surface area contributed by atoms with Crippen molar-refractivity contribution in [2.45, 2.75) is 45.2 Å². The van der Waals surface area contributed by atoms with Crippen molar-refractivity contribution in [2.24, 2.45) is 0 Å². The molecular formula is C15H18IN3O. The van der Waals surface area contributed by atoms with E-state index in [1.54, 1.807) is 0 Å². The Hall–Kier alpha value is -1.11. The van der Waals surface area contributed by atoms with Crippen LogP contribution in [0, 0.1) is 3.57 Å². The topological polar surface area (TPSA) is 46.9 Å². The standard InChI is InChI=1S/C15H18IN3O/c1-15(2,3)18-14-17-12-10(5-4-6-11(12)16)13(20)19(14)9-7-8-9/h4-6,9H,7-8H2,1-3H3,(H,17,18). The number of hydrogen-bond acceptors (Lipinski definition) is 3. The number of anilines is 1. The third kappa shape index (κ3) is 2.55. The fourth-order valence-corrected chi connectivity index (χ4v) is 2.90. The summed E-state index contributed by atoms with van der Waals surface area (Å²) in [5.74, 6) is 0.696. The van der Waals surface area contributed by atoms with Crippen LogP contribution in [0.15, 0.2) is 23.0 Å². The molecule has 0 saturated heterocycles. The van der Waals surface area contributed by atoms with Crippen molar-refractivity contribution in [3.8, 4) is 0 Å². The summed E-state index contributed by atoms with van der Waals surface area (Å²) in [5.41, 5.74) is 0.744. The van der Waals surface area contributed by atoms with E-state index in [1.165, 1.54) is 0 Å². The van der Waals surface area contributed by atoms with Gasteiger partial charge >= 0.3 is 0 Å². The summed E-state index contributed by atoms with van der Waals surface area (Å²) in [7, 11) is 0. The van der Waals surface area contributed by atoms with E-state index in [4.69, 9.17) is 4.98 Å². The molecule has 1 N–H and O–H groups in total. The first-order chi connectivity index (χ1) is 9.37. The Bertz CT molecular complexity index is 726. The van der Waals surface area contributed by atoms with E-state index in [-0.39, 0.29) is 11.1 Å². The second kappa shape index (κ2) is 4.72. The number of fused-ring (bicyclic) bond motifs is 1. The maximum absolute atomic E-state index is 12.7. The molecule has 1 fully saturated rings. The van der Waals surface area contributed by atoms with Crippen molar-refractivity contribution >= 4 is 39.4 Å². The first kappa shape index (κ1) is 13.9. The molecule has 1 aliphatic rings. The van der Waals surface area contributed by atoms with E-state index in [0.29, 0.717) is 17.4 Å². The highest BCUT2D eigenvalue weighted by Crippen LogP contribution is 2.36. The number of para-hydroxylation sites is 1. The number of halogens is 1. The van der Waals surface area contributed by atoms with Crippen molar-refractivity contribution in [3.63, 3.8) is 0 Å². The lowest BCUT2D eigenvalue weighted by Crippen LogP contribution is -2.33. The molecule has 20 heavy (non-hydrogen) atoms. The molecule has 106 valence electrons. The van der Waals surface area contributed by atoms with Gasteiger partial charge in [-0.3, -0.25) is 9.36 Å². The molecule has 1 aliphatic carbocycles. The molecule has 0 atom stereocenters. The summed E-state index contributed by atoms with van der Waals surface area (Å²) in [5, 5.41) is 4.09. The summed E-state index contributed by atoms with van der Waals surface area (Å²) < 4.78 is 2.85. The maximum atomic E-state index is 12.7. The Balaban J connectivity index is 2.29. The Kier molecular flexibility index (Phi) is 3.27.